The van der Waals surface area contributed by atoms with Crippen LogP contribution >= 0.6 is 0 Å². The normalized spacial score (nSPS) is 16.1. The SMILES string of the molecule is COc1ccc(C(=O)Nc2cnn3c2C(=O)N(c2ccc(CC4(C(F)(F)F)CC4)cc2)CC3)cc1C#N. The van der Waals surface area contributed by atoms with Gasteiger partial charge in [-0.3, -0.25) is 14.3 Å². The predicted octanol–water partition coefficient (Wildman–Crippen LogP) is 4.56. The Labute approximate surface area is 210 Å². The zero-order chi connectivity index (χ0) is 26.4. The van der Waals surface area contributed by atoms with Crippen LogP contribution in [0.15, 0.2) is 48.7 Å². The molecule has 2 aromatic carbocycles. The first-order valence-electron chi connectivity index (χ1n) is 11.6. The highest BCUT2D eigenvalue weighted by Crippen LogP contribution is 2.59. The summed E-state index contributed by atoms with van der Waals surface area (Å²) < 4.78 is 46.5. The maximum Gasteiger partial charge on any atom is 0.394 e. The first-order chi connectivity index (χ1) is 17.7. The van der Waals surface area contributed by atoms with Crippen LogP contribution in [-0.4, -0.2) is 41.4 Å². The fourth-order valence-electron chi connectivity index (χ4n) is 4.57. The lowest BCUT2D eigenvalue weighted by atomic mass is 9.95. The van der Waals surface area contributed by atoms with E-state index in [9.17, 15) is 28.0 Å². The second-order valence-corrected chi connectivity index (χ2v) is 9.19. The van der Waals surface area contributed by atoms with Crippen molar-refractivity contribution in [2.45, 2.75) is 32.0 Å². The standard InChI is InChI=1S/C26H22F3N5O3/c1-37-21-7-4-17(12-18(21)14-30)23(35)32-20-15-31-34-11-10-33(24(36)22(20)34)19-5-2-16(3-6-19)13-25(8-9-25)26(27,28)29/h2-7,12,15H,8-11,13H2,1H3,(H,32,35). The Kier molecular flexibility index (Phi) is 5.90. The molecule has 2 aliphatic rings. The Morgan fingerprint density at radius 2 is 1.92 bits per heavy atom. The summed E-state index contributed by atoms with van der Waals surface area (Å²) in [6, 6.07) is 12.9. The maximum atomic E-state index is 13.4. The van der Waals surface area contributed by atoms with Gasteiger partial charge in [0.15, 0.2) is 0 Å². The number of methoxy groups -OCH3 is 1. The summed E-state index contributed by atoms with van der Waals surface area (Å²) in [5, 5.41) is 16.2. The van der Waals surface area contributed by atoms with Gasteiger partial charge in [0.25, 0.3) is 11.8 Å². The van der Waals surface area contributed by atoms with Crippen molar-refractivity contribution in [3.05, 3.63) is 71.0 Å². The van der Waals surface area contributed by atoms with Crippen molar-refractivity contribution in [3.63, 3.8) is 0 Å². The lowest BCUT2D eigenvalue weighted by Crippen LogP contribution is -2.41. The van der Waals surface area contributed by atoms with Gasteiger partial charge in [-0.05, 0) is 55.2 Å². The van der Waals surface area contributed by atoms with Crippen molar-refractivity contribution in [2.75, 3.05) is 23.9 Å². The molecule has 1 aliphatic carbocycles. The number of nitrogens with one attached hydrogen (secondary N) is 1. The number of anilines is 2. The molecule has 37 heavy (non-hydrogen) atoms. The van der Waals surface area contributed by atoms with E-state index in [4.69, 9.17) is 4.74 Å². The number of ether oxygens (including phenoxy) is 1. The van der Waals surface area contributed by atoms with Gasteiger partial charge in [0, 0.05) is 17.8 Å². The smallest absolute Gasteiger partial charge is 0.394 e. The molecule has 0 atom stereocenters. The lowest BCUT2D eigenvalue weighted by molar-refractivity contribution is -0.186. The number of hydrogen-bond acceptors (Lipinski definition) is 5. The van der Waals surface area contributed by atoms with Gasteiger partial charge in [-0.2, -0.15) is 23.5 Å². The van der Waals surface area contributed by atoms with Crippen LogP contribution in [0.1, 0.15) is 44.8 Å². The molecule has 1 aromatic heterocycles. The maximum absolute atomic E-state index is 13.4. The van der Waals surface area contributed by atoms with Gasteiger partial charge >= 0.3 is 6.18 Å². The molecule has 190 valence electrons. The molecule has 0 unspecified atom stereocenters. The molecule has 1 fully saturated rings. The summed E-state index contributed by atoms with van der Waals surface area (Å²) in [5.74, 6) is -0.583. The molecule has 0 spiro atoms. The quantitative estimate of drug-likeness (QED) is 0.525. The van der Waals surface area contributed by atoms with E-state index < -0.39 is 23.4 Å². The third-order valence-corrected chi connectivity index (χ3v) is 6.90. The minimum absolute atomic E-state index is 0.0768. The van der Waals surface area contributed by atoms with Crippen LogP contribution in [0.2, 0.25) is 0 Å². The molecular weight excluding hydrogens is 487 g/mol. The number of carbonyl (C=O) groups excluding carboxylic acids is 2. The Morgan fingerprint density at radius 3 is 2.54 bits per heavy atom. The van der Waals surface area contributed by atoms with Gasteiger partial charge in [-0.15, -0.1) is 0 Å². The number of carbonyl (C=O) groups is 2. The Bertz CT molecular complexity index is 1420. The second kappa shape index (κ2) is 8.96. The van der Waals surface area contributed by atoms with E-state index in [0.29, 0.717) is 30.1 Å². The van der Waals surface area contributed by atoms with Crippen molar-refractivity contribution in [3.8, 4) is 11.8 Å². The molecule has 2 heterocycles. The van der Waals surface area contributed by atoms with Gasteiger partial charge < -0.3 is 15.0 Å². The number of nitriles is 1. The highest BCUT2D eigenvalue weighted by atomic mass is 19.4. The average Bonchev–Trinajstić information content (AvgIpc) is 3.57. The van der Waals surface area contributed by atoms with Crippen molar-refractivity contribution in [1.82, 2.24) is 9.78 Å². The van der Waals surface area contributed by atoms with Gasteiger partial charge in [0.1, 0.15) is 17.5 Å². The molecular formula is C26H22F3N5O3. The minimum atomic E-state index is -4.23. The second-order valence-electron chi connectivity index (χ2n) is 9.19. The third kappa shape index (κ3) is 4.39. The molecule has 3 aromatic rings. The number of amides is 2. The Balaban J connectivity index is 1.33. The van der Waals surface area contributed by atoms with Crippen LogP contribution in [-0.2, 0) is 13.0 Å². The number of hydrogen-bond donors (Lipinski definition) is 1. The summed E-state index contributed by atoms with van der Waals surface area (Å²) in [4.78, 5) is 27.7. The van der Waals surface area contributed by atoms with E-state index in [0.717, 1.165) is 0 Å². The van der Waals surface area contributed by atoms with Gasteiger partial charge in [-0.1, -0.05) is 12.1 Å². The van der Waals surface area contributed by atoms with E-state index in [1.807, 2.05) is 6.07 Å². The molecule has 1 aliphatic heterocycles. The Morgan fingerprint density at radius 1 is 1.19 bits per heavy atom. The highest BCUT2D eigenvalue weighted by Gasteiger charge is 2.62. The predicted molar refractivity (Wildman–Crippen MR) is 127 cm³/mol. The molecule has 0 saturated heterocycles. The van der Waals surface area contributed by atoms with Crippen molar-refractivity contribution < 1.29 is 27.5 Å². The third-order valence-electron chi connectivity index (χ3n) is 6.90. The summed E-state index contributed by atoms with van der Waals surface area (Å²) >= 11 is 0. The molecule has 2 amide bonds. The monoisotopic (exact) mass is 509 g/mol. The molecule has 0 bridgehead atoms. The average molecular weight is 509 g/mol. The van der Waals surface area contributed by atoms with E-state index in [1.165, 1.54) is 41.1 Å². The topological polar surface area (TPSA) is 100 Å². The molecule has 11 heteroatoms. The van der Waals surface area contributed by atoms with Gasteiger partial charge in [-0.25, -0.2) is 0 Å². The summed E-state index contributed by atoms with van der Waals surface area (Å²) in [6.07, 6.45) is -2.65. The van der Waals surface area contributed by atoms with Crippen LogP contribution in [0.5, 0.6) is 5.75 Å². The van der Waals surface area contributed by atoms with Crippen molar-refractivity contribution in [2.24, 2.45) is 5.41 Å². The molecule has 1 N–H and O–H groups in total. The first kappa shape index (κ1) is 24.4. The van der Waals surface area contributed by atoms with Crippen molar-refractivity contribution in [1.29, 1.82) is 5.26 Å². The van der Waals surface area contributed by atoms with E-state index in [1.54, 1.807) is 24.3 Å². The van der Waals surface area contributed by atoms with Gasteiger partial charge in [0.2, 0.25) is 0 Å². The number of halogens is 3. The van der Waals surface area contributed by atoms with E-state index in [2.05, 4.69) is 10.4 Å². The fraction of sp³-hybridized carbons (Fsp3) is 0.308. The number of fused-ring (bicyclic) bond motifs is 1. The molecule has 1 saturated carbocycles. The lowest BCUT2D eigenvalue weighted by Gasteiger charge is -2.28. The molecule has 8 nitrogen and oxygen atoms in total. The number of aromatic nitrogens is 2. The number of alkyl halides is 3. The van der Waals surface area contributed by atoms with Crippen molar-refractivity contribution >= 4 is 23.2 Å². The number of benzene rings is 2. The number of nitrogens with zero attached hydrogens (tertiary/aromatic N) is 4. The zero-order valence-corrected chi connectivity index (χ0v) is 19.8. The van der Waals surface area contributed by atoms with Crippen LogP contribution in [0.3, 0.4) is 0 Å². The highest BCUT2D eigenvalue weighted by molar-refractivity contribution is 6.13. The summed E-state index contributed by atoms with van der Waals surface area (Å²) in [6.45, 7) is 0.688. The minimum Gasteiger partial charge on any atom is -0.495 e. The summed E-state index contributed by atoms with van der Waals surface area (Å²) in [7, 11) is 1.42. The largest absolute Gasteiger partial charge is 0.495 e. The van der Waals surface area contributed by atoms with E-state index >= 15 is 0 Å². The fourth-order valence-corrected chi connectivity index (χ4v) is 4.57. The van der Waals surface area contributed by atoms with Crippen LogP contribution < -0.4 is 15.0 Å². The first-order valence-corrected chi connectivity index (χ1v) is 11.6. The molecule has 0 radical (unpaired) electrons. The van der Waals surface area contributed by atoms with E-state index in [-0.39, 0.29) is 41.8 Å². The Hall–Kier alpha value is -4.33. The summed E-state index contributed by atoms with van der Waals surface area (Å²) in [5.41, 5.74) is 0.285. The van der Waals surface area contributed by atoms with Crippen LogP contribution in [0.4, 0.5) is 24.5 Å². The van der Waals surface area contributed by atoms with Crippen LogP contribution in [0.25, 0.3) is 0 Å². The zero-order valence-electron chi connectivity index (χ0n) is 19.8. The number of rotatable bonds is 6. The van der Waals surface area contributed by atoms with Crippen LogP contribution in [0, 0.1) is 16.7 Å². The molecule has 5 rings (SSSR count). The van der Waals surface area contributed by atoms with Gasteiger partial charge in [0.05, 0.1) is 36.5 Å².